The standard InChI is InChI=1S/C12H14N6O/c13-12(6-3-7-12)11(19)15-9-4-1-2-5-10(9)18-8-14-16-17-18/h1-2,4-5,8H,3,6-7,13H2,(H,15,19). The van der Waals surface area contributed by atoms with Crippen LogP contribution in [0, 0.1) is 0 Å². The van der Waals surface area contributed by atoms with E-state index in [9.17, 15) is 4.79 Å². The number of carbonyl (C=O) groups excluding carboxylic acids is 1. The molecule has 3 N–H and O–H groups in total. The number of tetrazole rings is 1. The quantitative estimate of drug-likeness (QED) is 0.834. The number of aromatic nitrogens is 4. The molecule has 7 heteroatoms. The second kappa shape index (κ2) is 4.43. The van der Waals surface area contributed by atoms with E-state index < -0.39 is 5.54 Å². The molecule has 0 unspecified atom stereocenters. The minimum atomic E-state index is -0.728. The third-order valence-electron chi connectivity index (χ3n) is 3.45. The molecule has 1 heterocycles. The second-order valence-corrected chi connectivity index (χ2v) is 4.74. The summed E-state index contributed by atoms with van der Waals surface area (Å²) in [5.74, 6) is -0.153. The van der Waals surface area contributed by atoms with E-state index in [0.29, 0.717) is 11.4 Å². The number of nitrogens with zero attached hydrogens (tertiary/aromatic N) is 4. The average Bonchev–Trinajstić information content (AvgIpc) is 2.90. The zero-order chi connectivity index (χ0) is 13.3. The highest BCUT2D eigenvalue weighted by atomic mass is 16.2. The van der Waals surface area contributed by atoms with Crippen LogP contribution in [0.1, 0.15) is 19.3 Å². The van der Waals surface area contributed by atoms with Gasteiger partial charge in [0.25, 0.3) is 0 Å². The van der Waals surface area contributed by atoms with Crippen molar-refractivity contribution in [2.75, 3.05) is 5.32 Å². The number of hydrogen-bond acceptors (Lipinski definition) is 5. The fraction of sp³-hybridized carbons (Fsp3) is 0.333. The van der Waals surface area contributed by atoms with Crippen molar-refractivity contribution in [1.29, 1.82) is 0 Å². The number of nitrogens with two attached hydrogens (primary N) is 1. The molecule has 0 atom stereocenters. The Morgan fingerprint density at radius 2 is 2.16 bits per heavy atom. The number of nitrogens with one attached hydrogen (secondary N) is 1. The molecule has 1 aromatic carbocycles. The highest BCUT2D eigenvalue weighted by Crippen LogP contribution is 2.31. The van der Waals surface area contributed by atoms with Gasteiger partial charge in [0.2, 0.25) is 5.91 Å². The van der Waals surface area contributed by atoms with Gasteiger partial charge in [0.05, 0.1) is 16.9 Å². The third kappa shape index (κ3) is 2.08. The van der Waals surface area contributed by atoms with Gasteiger partial charge in [-0.25, -0.2) is 0 Å². The normalized spacial score (nSPS) is 16.7. The van der Waals surface area contributed by atoms with Crippen molar-refractivity contribution < 1.29 is 4.79 Å². The molecule has 0 spiro atoms. The molecule has 98 valence electrons. The number of anilines is 1. The van der Waals surface area contributed by atoms with E-state index in [2.05, 4.69) is 20.8 Å². The fourth-order valence-electron chi connectivity index (χ4n) is 2.08. The summed E-state index contributed by atoms with van der Waals surface area (Å²) >= 11 is 0. The Hall–Kier alpha value is -2.28. The van der Waals surface area contributed by atoms with Gasteiger partial charge >= 0.3 is 0 Å². The van der Waals surface area contributed by atoms with Crippen molar-refractivity contribution in [3.05, 3.63) is 30.6 Å². The molecule has 1 fully saturated rings. The van der Waals surface area contributed by atoms with Crippen molar-refractivity contribution in [2.24, 2.45) is 5.73 Å². The Bertz CT molecular complexity index is 590. The first-order valence-corrected chi connectivity index (χ1v) is 6.12. The maximum Gasteiger partial charge on any atom is 0.244 e. The molecule has 0 radical (unpaired) electrons. The van der Waals surface area contributed by atoms with E-state index in [-0.39, 0.29) is 5.91 Å². The minimum Gasteiger partial charge on any atom is -0.323 e. The maximum absolute atomic E-state index is 12.1. The molecule has 1 amide bonds. The molecule has 7 nitrogen and oxygen atoms in total. The monoisotopic (exact) mass is 258 g/mol. The fourth-order valence-corrected chi connectivity index (χ4v) is 2.08. The third-order valence-corrected chi connectivity index (χ3v) is 3.45. The number of para-hydroxylation sites is 2. The summed E-state index contributed by atoms with van der Waals surface area (Å²) in [7, 11) is 0. The van der Waals surface area contributed by atoms with Crippen LogP contribution in [0.3, 0.4) is 0 Å². The number of rotatable bonds is 3. The van der Waals surface area contributed by atoms with E-state index in [1.807, 2.05) is 18.2 Å². The van der Waals surface area contributed by atoms with Crippen LogP contribution in [-0.4, -0.2) is 31.7 Å². The van der Waals surface area contributed by atoms with Gasteiger partial charge in [-0.15, -0.1) is 5.10 Å². The predicted octanol–water partition coefficient (Wildman–Crippen LogP) is 0.482. The van der Waals surface area contributed by atoms with Crippen molar-refractivity contribution in [3.63, 3.8) is 0 Å². The number of amides is 1. The number of hydrogen-bond donors (Lipinski definition) is 2. The van der Waals surface area contributed by atoms with Gasteiger partial charge in [-0.05, 0) is 41.8 Å². The van der Waals surface area contributed by atoms with Gasteiger partial charge in [0.1, 0.15) is 6.33 Å². The molecule has 3 rings (SSSR count). The lowest BCUT2D eigenvalue weighted by atomic mass is 9.77. The Balaban J connectivity index is 1.87. The summed E-state index contributed by atoms with van der Waals surface area (Å²) in [6.07, 6.45) is 3.93. The van der Waals surface area contributed by atoms with Crippen LogP contribution < -0.4 is 11.1 Å². The smallest absolute Gasteiger partial charge is 0.244 e. The molecular weight excluding hydrogens is 244 g/mol. The molecule has 1 aromatic heterocycles. The predicted molar refractivity (Wildman–Crippen MR) is 68.6 cm³/mol. The van der Waals surface area contributed by atoms with E-state index >= 15 is 0 Å². The van der Waals surface area contributed by atoms with E-state index in [4.69, 9.17) is 5.73 Å². The van der Waals surface area contributed by atoms with Gasteiger partial charge in [-0.1, -0.05) is 12.1 Å². The lowest BCUT2D eigenvalue weighted by Gasteiger charge is -2.36. The lowest BCUT2D eigenvalue weighted by molar-refractivity contribution is -0.123. The zero-order valence-corrected chi connectivity index (χ0v) is 10.3. The topological polar surface area (TPSA) is 98.7 Å². The van der Waals surface area contributed by atoms with E-state index in [1.165, 1.54) is 11.0 Å². The molecule has 0 saturated heterocycles. The Kier molecular flexibility index (Phi) is 2.75. The van der Waals surface area contributed by atoms with Crippen molar-refractivity contribution in [2.45, 2.75) is 24.8 Å². The van der Waals surface area contributed by atoms with Gasteiger partial charge in [-0.3, -0.25) is 4.79 Å². The molecular formula is C12H14N6O. The Morgan fingerprint density at radius 1 is 1.37 bits per heavy atom. The van der Waals surface area contributed by atoms with Gasteiger partial charge in [0.15, 0.2) is 0 Å². The van der Waals surface area contributed by atoms with E-state index in [0.717, 1.165) is 19.3 Å². The molecule has 0 bridgehead atoms. The van der Waals surface area contributed by atoms with Crippen LogP contribution in [0.25, 0.3) is 5.69 Å². The first-order valence-electron chi connectivity index (χ1n) is 6.12. The lowest BCUT2D eigenvalue weighted by Crippen LogP contribution is -2.56. The zero-order valence-electron chi connectivity index (χ0n) is 10.3. The largest absolute Gasteiger partial charge is 0.323 e. The van der Waals surface area contributed by atoms with Crippen molar-refractivity contribution >= 4 is 11.6 Å². The molecule has 1 saturated carbocycles. The summed E-state index contributed by atoms with van der Waals surface area (Å²) in [6.45, 7) is 0. The SMILES string of the molecule is NC1(C(=O)Nc2ccccc2-n2cnnn2)CCC1. The Morgan fingerprint density at radius 3 is 2.79 bits per heavy atom. The minimum absolute atomic E-state index is 0.153. The number of carbonyl (C=O) groups is 1. The summed E-state index contributed by atoms with van der Waals surface area (Å²) in [5, 5.41) is 13.9. The van der Waals surface area contributed by atoms with Gasteiger partial charge in [-0.2, -0.15) is 4.68 Å². The first-order chi connectivity index (χ1) is 9.19. The molecule has 19 heavy (non-hydrogen) atoms. The summed E-state index contributed by atoms with van der Waals surface area (Å²) < 4.78 is 1.50. The second-order valence-electron chi connectivity index (χ2n) is 4.74. The highest BCUT2D eigenvalue weighted by molar-refractivity contribution is 5.99. The van der Waals surface area contributed by atoms with Crippen molar-refractivity contribution in [1.82, 2.24) is 20.2 Å². The van der Waals surface area contributed by atoms with Crippen LogP contribution in [0.15, 0.2) is 30.6 Å². The van der Waals surface area contributed by atoms with Crippen LogP contribution in [0.5, 0.6) is 0 Å². The highest BCUT2D eigenvalue weighted by Gasteiger charge is 2.40. The summed E-state index contributed by atoms with van der Waals surface area (Å²) in [4.78, 5) is 12.1. The van der Waals surface area contributed by atoms with Crippen LogP contribution in [0.4, 0.5) is 5.69 Å². The Labute approximate surface area is 109 Å². The van der Waals surface area contributed by atoms with Crippen molar-refractivity contribution in [3.8, 4) is 5.69 Å². The van der Waals surface area contributed by atoms with Crippen LogP contribution in [0.2, 0.25) is 0 Å². The summed E-state index contributed by atoms with van der Waals surface area (Å²) in [5.41, 5.74) is 6.64. The molecule has 0 aliphatic heterocycles. The maximum atomic E-state index is 12.1. The van der Waals surface area contributed by atoms with Gasteiger partial charge < -0.3 is 11.1 Å². The number of benzene rings is 1. The molecule has 2 aromatic rings. The molecule has 1 aliphatic carbocycles. The van der Waals surface area contributed by atoms with Crippen LogP contribution >= 0.6 is 0 Å². The first kappa shape index (κ1) is 11.8. The molecule has 1 aliphatic rings. The average molecular weight is 258 g/mol. The van der Waals surface area contributed by atoms with Gasteiger partial charge in [0, 0.05) is 0 Å². The van der Waals surface area contributed by atoms with E-state index in [1.54, 1.807) is 6.07 Å². The summed E-state index contributed by atoms with van der Waals surface area (Å²) in [6, 6.07) is 7.33. The van der Waals surface area contributed by atoms with Crippen LogP contribution in [-0.2, 0) is 4.79 Å².